The third-order valence-electron chi connectivity index (χ3n) is 5.41. The standard InChI is InChI=1S/C26H33N2O7PS2/c1-3-5-19-34-36(29,35-20-6-4-2)26-21-22(27-37(30,31)23-13-9-7-10-14-23)17-18-25(26)28-38(32,33)24-15-11-8-12-16-24/h7-18,21,27-28H,3-6,19-20H2,1-2H3. The van der Waals surface area contributed by atoms with E-state index in [0.717, 1.165) is 12.8 Å². The van der Waals surface area contributed by atoms with Crippen LogP contribution in [0.4, 0.5) is 11.4 Å². The zero-order valence-corrected chi connectivity index (χ0v) is 23.9. The highest BCUT2D eigenvalue weighted by Crippen LogP contribution is 2.50. The first-order valence-corrected chi connectivity index (χ1v) is 16.8. The molecule has 0 atom stereocenters. The second-order valence-electron chi connectivity index (χ2n) is 8.44. The molecule has 0 radical (unpaired) electrons. The van der Waals surface area contributed by atoms with Crippen molar-refractivity contribution in [3.05, 3.63) is 78.9 Å². The van der Waals surface area contributed by atoms with E-state index in [-0.39, 0.29) is 39.7 Å². The molecule has 38 heavy (non-hydrogen) atoms. The van der Waals surface area contributed by atoms with E-state index in [0.29, 0.717) is 12.8 Å². The lowest BCUT2D eigenvalue weighted by molar-refractivity contribution is 0.208. The molecule has 9 nitrogen and oxygen atoms in total. The quantitative estimate of drug-likeness (QED) is 0.173. The van der Waals surface area contributed by atoms with Gasteiger partial charge in [-0.2, -0.15) is 0 Å². The number of sulfonamides is 2. The van der Waals surface area contributed by atoms with Crippen molar-refractivity contribution in [2.75, 3.05) is 22.7 Å². The molecule has 0 amide bonds. The van der Waals surface area contributed by atoms with Gasteiger partial charge >= 0.3 is 7.60 Å². The summed E-state index contributed by atoms with van der Waals surface area (Å²) in [7, 11) is -12.1. The molecule has 0 heterocycles. The first-order chi connectivity index (χ1) is 18.1. The molecule has 206 valence electrons. The van der Waals surface area contributed by atoms with Crippen LogP contribution in [0.3, 0.4) is 0 Å². The number of hydrogen-bond donors (Lipinski definition) is 2. The molecule has 0 aliphatic carbocycles. The lowest BCUT2D eigenvalue weighted by Gasteiger charge is -2.23. The van der Waals surface area contributed by atoms with E-state index in [2.05, 4.69) is 9.44 Å². The maximum absolute atomic E-state index is 14.1. The number of nitrogens with one attached hydrogen (secondary N) is 2. The molecule has 2 N–H and O–H groups in total. The smallest absolute Gasteiger partial charge is 0.305 e. The summed E-state index contributed by atoms with van der Waals surface area (Å²) in [6.45, 7) is 4.13. The Morgan fingerprint density at radius 1 is 0.684 bits per heavy atom. The van der Waals surface area contributed by atoms with Gasteiger partial charge in [-0.25, -0.2) is 16.8 Å². The Balaban J connectivity index is 2.08. The Labute approximate surface area is 225 Å². The number of benzene rings is 3. The summed E-state index contributed by atoms with van der Waals surface area (Å²) >= 11 is 0. The normalized spacial score (nSPS) is 12.3. The molecule has 0 aromatic heterocycles. The van der Waals surface area contributed by atoms with E-state index < -0.39 is 27.6 Å². The predicted octanol–water partition coefficient (Wildman–Crippen LogP) is 5.74. The summed E-state index contributed by atoms with van der Waals surface area (Å²) in [5.41, 5.74) is 0.0396. The fraction of sp³-hybridized carbons (Fsp3) is 0.308. The van der Waals surface area contributed by atoms with E-state index in [1.807, 2.05) is 13.8 Å². The van der Waals surface area contributed by atoms with E-state index in [4.69, 9.17) is 9.05 Å². The van der Waals surface area contributed by atoms with Crippen molar-refractivity contribution in [3.63, 3.8) is 0 Å². The maximum Gasteiger partial charge on any atom is 0.363 e. The van der Waals surface area contributed by atoms with Gasteiger partial charge < -0.3 is 9.05 Å². The SMILES string of the molecule is CCCCOP(=O)(OCCCC)c1cc(NS(=O)(=O)c2ccccc2)ccc1NS(=O)(=O)c1ccccc1. The largest absolute Gasteiger partial charge is 0.363 e. The molecule has 0 aliphatic heterocycles. The highest BCUT2D eigenvalue weighted by atomic mass is 32.2. The van der Waals surface area contributed by atoms with Gasteiger partial charge in [0, 0.05) is 5.69 Å². The van der Waals surface area contributed by atoms with Crippen LogP contribution in [-0.4, -0.2) is 30.0 Å². The Morgan fingerprint density at radius 3 is 1.63 bits per heavy atom. The minimum Gasteiger partial charge on any atom is -0.305 e. The summed E-state index contributed by atoms with van der Waals surface area (Å²) in [6.07, 6.45) is 2.76. The molecule has 0 aliphatic rings. The van der Waals surface area contributed by atoms with E-state index in [1.54, 1.807) is 36.4 Å². The van der Waals surface area contributed by atoms with Gasteiger partial charge in [0.15, 0.2) is 0 Å². The van der Waals surface area contributed by atoms with Crippen LogP contribution >= 0.6 is 7.60 Å². The minimum atomic E-state index is -4.07. The first kappa shape index (κ1) is 29.9. The molecule has 0 spiro atoms. The molecule has 0 saturated carbocycles. The summed E-state index contributed by atoms with van der Waals surface area (Å²) in [5, 5.41) is -0.0857. The van der Waals surface area contributed by atoms with Crippen molar-refractivity contribution in [3.8, 4) is 0 Å². The molecule has 12 heteroatoms. The van der Waals surface area contributed by atoms with E-state index in [1.165, 1.54) is 42.5 Å². The predicted molar refractivity (Wildman–Crippen MR) is 150 cm³/mol. The van der Waals surface area contributed by atoms with Crippen LogP contribution in [0.15, 0.2) is 88.7 Å². The lowest BCUT2D eigenvalue weighted by atomic mass is 10.3. The fourth-order valence-corrected chi connectivity index (χ4v) is 7.42. The maximum atomic E-state index is 14.1. The first-order valence-electron chi connectivity index (χ1n) is 12.3. The van der Waals surface area contributed by atoms with Gasteiger partial charge in [-0.3, -0.25) is 14.0 Å². The zero-order valence-electron chi connectivity index (χ0n) is 21.4. The second-order valence-corrected chi connectivity index (χ2v) is 13.8. The third-order valence-corrected chi connectivity index (χ3v) is 10.2. The van der Waals surface area contributed by atoms with Gasteiger partial charge in [-0.1, -0.05) is 63.1 Å². The molecule has 0 saturated heterocycles. The second kappa shape index (κ2) is 13.4. The Bertz CT molecular complexity index is 1440. The Kier molecular flexibility index (Phi) is 10.5. The van der Waals surface area contributed by atoms with Crippen LogP contribution in [0.2, 0.25) is 0 Å². The molecular formula is C26H33N2O7PS2. The number of hydrogen-bond acceptors (Lipinski definition) is 7. The molecule has 0 fully saturated rings. The van der Waals surface area contributed by atoms with Crippen LogP contribution in [0.5, 0.6) is 0 Å². The number of rotatable bonds is 15. The highest BCUT2D eigenvalue weighted by molar-refractivity contribution is 7.93. The monoisotopic (exact) mass is 580 g/mol. The average Bonchev–Trinajstić information content (AvgIpc) is 2.90. The lowest BCUT2D eigenvalue weighted by Crippen LogP contribution is -2.22. The average molecular weight is 581 g/mol. The van der Waals surface area contributed by atoms with Crippen molar-refractivity contribution >= 4 is 44.3 Å². The van der Waals surface area contributed by atoms with E-state index in [9.17, 15) is 21.4 Å². The fourth-order valence-electron chi connectivity index (χ4n) is 3.36. The van der Waals surface area contributed by atoms with Gasteiger partial charge in [-0.15, -0.1) is 0 Å². The van der Waals surface area contributed by atoms with Crippen molar-refractivity contribution in [2.45, 2.75) is 49.3 Å². The van der Waals surface area contributed by atoms with Gasteiger partial charge in [0.1, 0.15) is 0 Å². The Hall–Kier alpha value is -2.69. The Morgan fingerprint density at radius 2 is 1.16 bits per heavy atom. The van der Waals surface area contributed by atoms with Crippen LogP contribution in [0, 0.1) is 0 Å². The van der Waals surface area contributed by atoms with Gasteiger partial charge in [0.25, 0.3) is 20.0 Å². The van der Waals surface area contributed by atoms with Crippen LogP contribution in [0.25, 0.3) is 0 Å². The minimum absolute atomic E-state index is 0.00782. The summed E-state index contributed by atoms with van der Waals surface area (Å²) in [4.78, 5) is 0.0467. The topological polar surface area (TPSA) is 128 Å². The molecule has 3 aromatic rings. The molecule has 3 aromatic carbocycles. The number of anilines is 2. The number of unbranched alkanes of at least 4 members (excludes halogenated alkanes) is 2. The van der Waals surface area contributed by atoms with Crippen LogP contribution < -0.4 is 14.7 Å². The van der Waals surface area contributed by atoms with Crippen LogP contribution in [0.1, 0.15) is 39.5 Å². The highest BCUT2D eigenvalue weighted by Gasteiger charge is 2.33. The van der Waals surface area contributed by atoms with Gasteiger partial charge in [0.2, 0.25) is 0 Å². The van der Waals surface area contributed by atoms with Crippen molar-refractivity contribution in [2.24, 2.45) is 0 Å². The van der Waals surface area contributed by atoms with Gasteiger partial charge in [-0.05, 0) is 55.3 Å². The van der Waals surface area contributed by atoms with Crippen molar-refractivity contribution in [1.29, 1.82) is 0 Å². The molecular weight excluding hydrogens is 547 g/mol. The molecule has 0 bridgehead atoms. The summed E-state index contributed by atoms with van der Waals surface area (Å²) < 4.78 is 82.7. The summed E-state index contributed by atoms with van der Waals surface area (Å²) in [5.74, 6) is 0. The van der Waals surface area contributed by atoms with Crippen molar-refractivity contribution in [1.82, 2.24) is 0 Å². The van der Waals surface area contributed by atoms with Gasteiger partial charge in [0.05, 0.1) is 34.0 Å². The summed E-state index contributed by atoms with van der Waals surface area (Å²) in [6, 6.07) is 19.5. The molecule has 0 unspecified atom stereocenters. The van der Waals surface area contributed by atoms with Crippen molar-refractivity contribution < 1.29 is 30.4 Å². The zero-order chi connectivity index (χ0) is 27.7. The van der Waals surface area contributed by atoms with Crippen LogP contribution in [-0.2, 0) is 33.7 Å². The third kappa shape index (κ3) is 7.91. The molecule has 3 rings (SSSR count). The van der Waals surface area contributed by atoms with E-state index >= 15 is 0 Å².